The first-order valence-corrected chi connectivity index (χ1v) is 15.0. The Morgan fingerprint density at radius 1 is 0.955 bits per heavy atom. The molecule has 3 aromatic carbocycles. The normalized spacial score (nSPS) is 11.7. The number of aromatic amines is 1. The quantitative estimate of drug-likeness (QED) is 0.104. The van der Waals surface area contributed by atoms with E-state index in [2.05, 4.69) is 39.9 Å². The van der Waals surface area contributed by atoms with Gasteiger partial charge in [0.1, 0.15) is 13.2 Å². The second-order valence-electron chi connectivity index (χ2n) is 10.8. The molecule has 1 amide bonds. The first-order chi connectivity index (χ1) is 21.3. The van der Waals surface area contributed by atoms with Gasteiger partial charge in [0, 0.05) is 25.6 Å². The van der Waals surface area contributed by atoms with Gasteiger partial charge in [-0.05, 0) is 65.0 Å². The van der Waals surface area contributed by atoms with E-state index in [4.69, 9.17) is 21.7 Å². The fraction of sp³-hybridized carbons (Fsp3) is 0.333. The van der Waals surface area contributed by atoms with Crippen molar-refractivity contribution < 1.29 is 19.1 Å². The monoisotopic (exact) mass is 614 g/mol. The van der Waals surface area contributed by atoms with Gasteiger partial charge in [-0.3, -0.25) is 9.80 Å². The van der Waals surface area contributed by atoms with Gasteiger partial charge in [-0.25, -0.2) is 10.2 Å². The lowest BCUT2D eigenvalue weighted by Crippen LogP contribution is -2.46. The Balaban J connectivity index is 1.61. The second kappa shape index (κ2) is 15.8. The number of thiocarbonyl (C=S) groups is 1. The van der Waals surface area contributed by atoms with Gasteiger partial charge < -0.3 is 9.47 Å². The number of hydrogen-bond acceptors (Lipinski definition) is 9. The van der Waals surface area contributed by atoms with Crippen LogP contribution in [0.5, 0.6) is 0 Å². The first-order valence-electron chi connectivity index (χ1n) is 14.6. The number of amides is 1. The summed E-state index contributed by atoms with van der Waals surface area (Å²) < 4.78 is 11.3. The Morgan fingerprint density at radius 3 is 2.34 bits per heavy atom. The van der Waals surface area contributed by atoms with Gasteiger partial charge in [0.2, 0.25) is 11.7 Å². The van der Waals surface area contributed by atoms with Crippen LogP contribution >= 0.6 is 12.2 Å². The molecule has 11 heteroatoms. The molecular formula is C33H38N6O4S. The van der Waals surface area contributed by atoms with Gasteiger partial charge in [-0.1, -0.05) is 80.6 Å². The van der Waals surface area contributed by atoms with E-state index in [1.807, 2.05) is 73.7 Å². The van der Waals surface area contributed by atoms with Crippen LogP contribution in [0.25, 0.3) is 22.5 Å². The number of tetrazole rings is 1. The predicted octanol–water partition coefficient (Wildman–Crippen LogP) is 5.77. The summed E-state index contributed by atoms with van der Waals surface area (Å²) in [5.74, 6) is -0.153. The number of ether oxygens (including phenoxy) is 2. The van der Waals surface area contributed by atoms with Crippen LogP contribution in [0.15, 0.2) is 72.8 Å². The van der Waals surface area contributed by atoms with Crippen molar-refractivity contribution in [3.8, 4) is 22.5 Å². The van der Waals surface area contributed by atoms with E-state index in [0.29, 0.717) is 47.4 Å². The number of nitrogens with one attached hydrogen (secondary N) is 2. The minimum atomic E-state index is -0.471. The predicted molar refractivity (Wildman–Crippen MR) is 172 cm³/mol. The molecule has 0 unspecified atom stereocenters. The highest BCUT2D eigenvalue weighted by Crippen LogP contribution is 2.33. The van der Waals surface area contributed by atoms with Crippen molar-refractivity contribution in [1.82, 2.24) is 31.1 Å². The lowest BCUT2D eigenvalue weighted by atomic mass is 9.93. The molecular weight excluding hydrogens is 576 g/mol. The van der Waals surface area contributed by atoms with Crippen LogP contribution < -0.4 is 5.43 Å². The van der Waals surface area contributed by atoms with Crippen LogP contribution in [-0.4, -0.2) is 55.7 Å². The highest BCUT2D eigenvalue weighted by atomic mass is 32.1. The molecule has 2 N–H and O–H groups in total. The molecule has 230 valence electrons. The van der Waals surface area contributed by atoms with Crippen LogP contribution in [0.2, 0.25) is 0 Å². The first kappa shape index (κ1) is 32.4. The molecule has 4 aromatic rings. The zero-order valence-corrected chi connectivity index (χ0v) is 26.3. The largest absolute Gasteiger partial charge is 0.487 e. The number of nitrogens with zero attached hydrogens (tertiary/aromatic N) is 4. The number of carbonyl (C=O) groups excluding carboxylic acids is 2. The van der Waals surface area contributed by atoms with Crippen molar-refractivity contribution in [3.63, 3.8) is 0 Å². The van der Waals surface area contributed by atoms with Crippen LogP contribution in [-0.2, 0) is 27.4 Å². The summed E-state index contributed by atoms with van der Waals surface area (Å²) in [6.07, 6.45) is 0.672. The molecule has 44 heavy (non-hydrogen) atoms. The third-order valence-electron chi connectivity index (χ3n) is 6.97. The summed E-state index contributed by atoms with van der Waals surface area (Å²) in [6.45, 7) is 8.89. The van der Waals surface area contributed by atoms with E-state index in [1.54, 1.807) is 18.0 Å². The summed E-state index contributed by atoms with van der Waals surface area (Å²) in [6, 6.07) is 22.7. The number of hydrogen-bond donors (Lipinski definition) is 2. The topological polar surface area (TPSA) is 122 Å². The Hall–Kier alpha value is -4.48. The average Bonchev–Trinajstić information content (AvgIpc) is 3.57. The SMILES string of the molecule is CCN(NCc1ccc(-c2ccccc2-c2nn[nH]n2)c(C(=O)OCc2ccccc2)c1)C(=O)[C@H](COC(C)=S)CC(C)C. The lowest BCUT2D eigenvalue weighted by Gasteiger charge is -2.28. The molecule has 1 heterocycles. The van der Waals surface area contributed by atoms with Crippen LogP contribution in [0.1, 0.15) is 55.6 Å². The molecule has 1 atom stereocenters. The average molecular weight is 615 g/mol. The molecule has 0 spiro atoms. The smallest absolute Gasteiger partial charge is 0.339 e. The maximum atomic E-state index is 13.6. The molecule has 0 aliphatic rings. The van der Waals surface area contributed by atoms with Crippen molar-refractivity contribution in [2.75, 3.05) is 13.2 Å². The zero-order valence-electron chi connectivity index (χ0n) is 25.4. The summed E-state index contributed by atoms with van der Waals surface area (Å²) >= 11 is 5.07. The molecule has 0 bridgehead atoms. The van der Waals surface area contributed by atoms with Crippen molar-refractivity contribution in [2.24, 2.45) is 11.8 Å². The maximum Gasteiger partial charge on any atom is 0.339 e. The van der Waals surface area contributed by atoms with E-state index in [9.17, 15) is 9.59 Å². The fourth-order valence-corrected chi connectivity index (χ4v) is 4.94. The van der Waals surface area contributed by atoms with Crippen LogP contribution in [0, 0.1) is 11.8 Å². The zero-order chi connectivity index (χ0) is 31.5. The van der Waals surface area contributed by atoms with Crippen molar-refractivity contribution >= 4 is 29.1 Å². The van der Waals surface area contributed by atoms with Crippen LogP contribution in [0.4, 0.5) is 0 Å². The number of benzene rings is 3. The highest BCUT2D eigenvalue weighted by Gasteiger charge is 2.26. The second-order valence-corrected chi connectivity index (χ2v) is 11.3. The Bertz CT molecular complexity index is 1550. The van der Waals surface area contributed by atoms with E-state index in [0.717, 1.165) is 22.3 Å². The standard InChI is InChI=1S/C33H38N6O4S/c1-5-39(32(40)26(17-22(2)3)21-42-23(4)44)34-19-25-15-16-28(27-13-9-10-14-29(27)31-35-37-38-36-31)30(18-25)33(41)43-20-24-11-7-6-8-12-24/h6-16,18,22,26,34H,5,17,19-21H2,1-4H3,(H,35,36,37,38)/t26-/m0/s1. The molecule has 0 aliphatic heterocycles. The minimum Gasteiger partial charge on any atom is -0.487 e. The third-order valence-corrected chi connectivity index (χ3v) is 7.09. The summed E-state index contributed by atoms with van der Waals surface area (Å²) in [5, 5.41) is 16.5. The summed E-state index contributed by atoms with van der Waals surface area (Å²) in [7, 11) is 0. The fourth-order valence-electron chi connectivity index (χ4n) is 4.87. The number of rotatable bonds is 14. The Morgan fingerprint density at radius 2 is 1.68 bits per heavy atom. The number of esters is 1. The molecule has 0 radical (unpaired) electrons. The maximum absolute atomic E-state index is 13.6. The third kappa shape index (κ3) is 8.77. The van der Waals surface area contributed by atoms with Crippen molar-refractivity contribution in [3.05, 3.63) is 89.5 Å². The molecule has 0 aliphatic carbocycles. The van der Waals surface area contributed by atoms with E-state index >= 15 is 0 Å². The number of H-pyrrole nitrogens is 1. The van der Waals surface area contributed by atoms with E-state index in [-0.39, 0.29) is 25.0 Å². The van der Waals surface area contributed by atoms with Gasteiger partial charge in [-0.2, -0.15) is 5.21 Å². The van der Waals surface area contributed by atoms with Gasteiger partial charge >= 0.3 is 5.97 Å². The van der Waals surface area contributed by atoms with Gasteiger partial charge in [0.05, 0.1) is 11.5 Å². The molecule has 4 rings (SSSR count). The minimum absolute atomic E-state index is 0.0643. The van der Waals surface area contributed by atoms with Crippen molar-refractivity contribution in [1.29, 1.82) is 0 Å². The number of carbonyl (C=O) groups is 2. The van der Waals surface area contributed by atoms with E-state index < -0.39 is 5.97 Å². The molecule has 0 fully saturated rings. The molecule has 1 aromatic heterocycles. The van der Waals surface area contributed by atoms with Gasteiger partial charge in [0.25, 0.3) is 0 Å². The Kier molecular flexibility index (Phi) is 11.7. The molecule has 0 saturated heterocycles. The van der Waals surface area contributed by atoms with E-state index in [1.165, 1.54) is 0 Å². The highest BCUT2D eigenvalue weighted by molar-refractivity contribution is 7.80. The van der Waals surface area contributed by atoms with Gasteiger partial charge in [-0.15, -0.1) is 10.2 Å². The molecule has 10 nitrogen and oxygen atoms in total. The lowest BCUT2D eigenvalue weighted by molar-refractivity contribution is -0.140. The Labute approximate surface area is 263 Å². The summed E-state index contributed by atoms with van der Waals surface area (Å²) in [4.78, 5) is 27.1. The summed E-state index contributed by atoms with van der Waals surface area (Å²) in [5.41, 5.74) is 7.47. The van der Waals surface area contributed by atoms with Gasteiger partial charge in [0.15, 0.2) is 5.05 Å². The molecule has 0 saturated carbocycles. The van der Waals surface area contributed by atoms with Crippen molar-refractivity contribution in [2.45, 2.75) is 47.3 Å². The van der Waals surface area contributed by atoms with Crippen LogP contribution in [0.3, 0.4) is 0 Å². The number of hydrazine groups is 1. The number of aromatic nitrogens is 4.